The van der Waals surface area contributed by atoms with Crippen molar-refractivity contribution in [1.82, 2.24) is 0 Å². The molecule has 148 valence electrons. The van der Waals surface area contributed by atoms with E-state index < -0.39 is 23.2 Å². The van der Waals surface area contributed by atoms with Gasteiger partial charge < -0.3 is 0 Å². The van der Waals surface area contributed by atoms with Crippen molar-refractivity contribution in [1.29, 1.82) is 0 Å². The molecule has 3 heteroatoms. The molecule has 3 aliphatic carbocycles. The molecule has 0 aliphatic heterocycles. The van der Waals surface area contributed by atoms with Gasteiger partial charge in [0, 0.05) is 5.92 Å². The van der Waals surface area contributed by atoms with Crippen molar-refractivity contribution in [2.45, 2.75) is 90.1 Å². The first-order valence-corrected chi connectivity index (χ1v) is 10.9. The lowest BCUT2D eigenvalue weighted by Crippen LogP contribution is -2.42. The van der Waals surface area contributed by atoms with Crippen LogP contribution in [-0.4, -0.2) is 5.67 Å². The molecule has 0 spiro atoms. The van der Waals surface area contributed by atoms with Gasteiger partial charge in [-0.15, -0.1) is 0 Å². The zero-order chi connectivity index (χ0) is 18.7. The van der Waals surface area contributed by atoms with Crippen molar-refractivity contribution >= 4 is 0 Å². The Morgan fingerprint density at radius 1 is 0.885 bits per heavy atom. The second-order valence-electron chi connectivity index (χ2n) is 9.03. The van der Waals surface area contributed by atoms with Gasteiger partial charge in [-0.2, -0.15) is 0 Å². The molecule has 0 aromatic carbocycles. The minimum Gasteiger partial charge on any atom is -0.238 e. The Kier molecular flexibility index (Phi) is 6.56. The van der Waals surface area contributed by atoms with E-state index in [2.05, 4.69) is 6.92 Å². The fourth-order valence-corrected chi connectivity index (χ4v) is 6.00. The molecule has 0 aromatic rings. The SMILES string of the molecule is CCCC1CCC(C2CCC(C3(F)C=C(F)C(F)=CC3CC)CC2)CC1. The molecular formula is C23H35F3. The van der Waals surface area contributed by atoms with E-state index in [0.29, 0.717) is 12.3 Å². The van der Waals surface area contributed by atoms with Crippen molar-refractivity contribution in [3.05, 3.63) is 23.8 Å². The smallest absolute Gasteiger partial charge is 0.157 e. The summed E-state index contributed by atoms with van der Waals surface area (Å²) in [4.78, 5) is 0. The zero-order valence-electron chi connectivity index (χ0n) is 16.5. The first kappa shape index (κ1) is 20.0. The third-order valence-corrected chi connectivity index (χ3v) is 7.58. The summed E-state index contributed by atoms with van der Waals surface area (Å²) in [5.41, 5.74) is -1.71. The van der Waals surface area contributed by atoms with Crippen molar-refractivity contribution in [2.75, 3.05) is 0 Å². The summed E-state index contributed by atoms with van der Waals surface area (Å²) in [5, 5.41) is 0. The van der Waals surface area contributed by atoms with Crippen LogP contribution in [0.4, 0.5) is 13.2 Å². The molecule has 0 aromatic heterocycles. The Balaban J connectivity index is 1.57. The number of hydrogen-bond donors (Lipinski definition) is 0. The average molecular weight is 369 g/mol. The van der Waals surface area contributed by atoms with Crippen LogP contribution in [0.15, 0.2) is 23.8 Å². The summed E-state index contributed by atoms with van der Waals surface area (Å²) in [7, 11) is 0. The van der Waals surface area contributed by atoms with Gasteiger partial charge in [0.25, 0.3) is 0 Å². The van der Waals surface area contributed by atoms with Crippen molar-refractivity contribution < 1.29 is 13.2 Å². The highest BCUT2D eigenvalue weighted by atomic mass is 19.2. The lowest BCUT2D eigenvalue weighted by Gasteiger charge is -2.44. The maximum Gasteiger partial charge on any atom is 0.157 e. The molecule has 3 rings (SSSR count). The molecule has 0 radical (unpaired) electrons. The van der Waals surface area contributed by atoms with Crippen molar-refractivity contribution in [3.8, 4) is 0 Å². The van der Waals surface area contributed by atoms with Crippen LogP contribution >= 0.6 is 0 Å². The largest absolute Gasteiger partial charge is 0.238 e. The second-order valence-corrected chi connectivity index (χ2v) is 9.03. The van der Waals surface area contributed by atoms with E-state index in [9.17, 15) is 8.78 Å². The monoisotopic (exact) mass is 368 g/mol. The molecule has 2 atom stereocenters. The van der Waals surface area contributed by atoms with Crippen LogP contribution in [-0.2, 0) is 0 Å². The van der Waals surface area contributed by atoms with Crippen LogP contribution in [0, 0.1) is 29.6 Å². The molecule has 0 amide bonds. The fourth-order valence-electron chi connectivity index (χ4n) is 6.00. The standard InChI is InChI=1S/C23H35F3/c1-3-5-16-6-8-17(9-7-16)18-10-12-20(13-11-18)23(26)15-22(25)21(24)14-19(23)4-2/h14-20H,3-13H2,1-2H3. The lowest BCUT2D eigenvalue weighted by atomic mass is 9.63. The quantitative estimate of drug-likeness (QED) is 0.463. The van der Waals surface area contributed by atoms with Gasteiger partial charge in [-0.05, 0) is 80.8 Å². The van der Waals surface area contributed by atoms with E-state index in [-0.39, 0.29) is 5.92 Å². The molecule has 3 aliphatic rings. The van der Waals surface area contributed by atoms with E-state index in [1.165, 1.54) is 44.6 Å². The highest BCUT2D eigenvalue weighted by molar-refractivity contribution is 5.32. The Hall–Kier alpha value is -0.730. The first-order chi connectivity index (χ1) is 12.5. The fraction of sp³-hybridized carbons (Fsp3) is 0.826. The van der Waals surface area contributed by atoms with Gasteiger partial charge in [-0.3, -0.25) is 0 Å². The second kappa shape index (κ2) is 8.52. The van der Waals surface area contributed by atoms with E-state index >= 15 is 4.39 Å². The predicted octanol–water partition coefficient (Wildman–Crippen LogP) is 7.85. The van der Waals surface area contributed by atoms with Gasteiger partial charge in [-0.1, -0.05) is 39.5 Å². The average Bonchev–Trinajstić information content (AvgIpc) is 2.66. The van der Waals surface area contributed by atoms with Crippen molar-refractivity contribution in [3.63, 3.8) is 0 Å². The highest BCUT2D eigenvalue weighted by Crippen LogP contribution is 2.50. The molecule has 0 nitrogen and oxygen atoms in total. The van der Waals surface area contributed by atoms with Gasteiger partial charge in [0.05, 0.1) is 0 Å². The van der Waals surface area contributed by atoms with Gasteiger partial charge in [0.15, 0.2) is 11.7 Å². The van der Waals surface area contributed by atoms with Crippen LogP contribution in [0.5, 0.6) is 0 Å². The molecular weight excluding hydrogens is 333 g/mol. The summed E-state index contributed by atoms with van der Waals surface area (Å²) < 4.78 is 43.1. The maximum atomic E-state index is 15.7. The Morgan fingerprint density at radius 3 is 2.00 bits per heavy atom. The molecule has 2 fully saturated rings. The van der Waals surface area contributed by atoms with E-state index in [1.54, 1.807) is 0 Å². The van der Waals surface area contributed by atoms with Gasteiger partial charge in [-0.25, -0.2) is 13.2 Å². The predicted molar refractivity (Wildman–Crippen MR) is 102 cm³/mol. The summed E-state index contributed by atoms with van der Waals surface area (Å²) in [6.45, 7) is 4.13. The van der Waals surface area contributed by atoms with Gasteiger partial charge in [0.2, 0.25) is 0 Å². The van der Waals surface area contributed by atoms with Crippen LogP contribution < -0.4 is 0 Å². The molecule has 2 saturated carbocycles. The van der Waals surface area contributed by atoms with E-state index in [0.717, 1.165) is 43.6 Å². The molecule has 0 N–H and O–H groups in total. The van der Waals surface area contributed by atoms with Crippen molar-refractivity contribution in [2.24, 2.45) is 29.6 Å². The summed E-state index contributed by atoms with van der Waals surface area (Å²) in [5.74, 6) is -0.164. The number of halogens is 3. The third kappa shape index (κ3) is 4.07. The normalized spacial score (nSPS) is 41.5. The number of rotatable bonds is 5. The first-order valence-electron chi connectivity index (χ1n) is 10.9. The minimum absolute atomic E-state index is 0.171. The molecule has 0 heterocycles. The number of alkyl halides is 1. The topological polar surface area (TPSA) is 0 Å². The Labute approximate surface area is 157 Å². The molecule has 0 saturated heterocycles. The van der Waals surface area contributed by atoms with E-state index in [1.807, 2.05) is 6.92 Å². The summed E-state index contributed by atoms with van der Waals surface area (Å²) in [6, 6.07) is 0. The van der Waals surface area contributed by atoms with Crippen LogP contribution in [0.2, 0.25) is 0 Å². The zero-order valence-corrected chi connectivity index (χ0v) is 16.5. The summed E-state index contributed by atoms with van der Waals surface area (Å²) in [6.07, 6.45) is 14.4. The number of hydrogen-bond acceptors (Lipinski definition) is 0. The van der Waals surface area contributed by atoms with Crippen LogP contribution in [0.25, 0.3) is 0 Å². The minimum atomic E-state index is -1.71. The van der Waals surface area contributed by atoms with Crippen LogP contribution in [0.1, 0.15) is 84.5 Å². The van der Waals surface area contributed by atoms with Gasteiger partial charge in [0.1, 0.15) is 5.67 Å². The maximum absolute atomic E-state index is 15.7. The highest BCUT2D eigenvalue weighted by Gasteiger charge is 2.47. The molecule has 2 unspecified atom stereocenters. The Bertz CT molecular complexity index is 522. The Morgan fingerprint density at radius 2 is 1.46 bits per heavy atom. The molecule has 0 bridgehead atoms. The van der Waals surface area contributed by atoms with Crippen LogP contribution in [0.3, 0.4) is 0 Å². The molecule has 26 heavy (non-hydrogen) atoms. The van der Waals surface area contributed by atoms with E-state index in [4.69, 9.17) is 0 Å². The summed E-state index contributed by atoms with van der Waals surface area (Å²) >= 11 is 0. The third-order valence-electron chi connectivity index (χ3n) is 7.58. The van der Waals surface area contributed by atoms with Gasteiger partial charge >= 0.3 is 0 Å². The number of allylic oxidation sites excluding steroid dienone is 4. The lowest BCUT2D eigenvalue weighted by molar-refractivity contribution is 0.0318.